The highest BCUT2D eigenvalue weighted by atomic mass is 15.3. The quantitative estimate of drug-likeness (QED) is 0.864. The second-order valence-corrected chi connectivity index (χ2v) is 5.12. The number of aromatic nitrogens is 2. The number of likely N-dealkylation sites (tertiary alicyclic amines) is 1. The van der Waals surface area contributed by atoms with Crippen LogP contribution < -0.4 is 5.73 Å². The first-order chi connectivity index (χ1) is 8.24. The van der Waals surface area contributed by atoms with Gasteiger partial charge in [0.15, 0.2) is 0 Å². The molecule has 1 saturated heterocycles. The molecule has 4 heteroatoms. The van der Waals surface area contributed by atoms with Gasteiger partial charge in [0.25, 0.3) is 0 Å². The summed E-state index contributed by atoms with van der Waals surface area (Å²) in [5, 5.41) is 4.35. The van der Waals surface area contributed by atoms with Crippen molar-refractivity contribution in [1.82, 2.24) is 14.7 Å². The van der Waals surface area contributed by atoms with Gasteiger partial charge >= 0.3 is 0 Å². The molecular formula is C13H24N4. The molecule has 0 radical (unpaired) electrons. The normalized spacial score (nSPS) is 23.8. The molecule has 0 aromatic carbocycles. The topological polar surface area (TPSA) is 47.1 Å². The molecule has 2 atom stereocenters. The predicted molar refractivity (Wildman–Crippen MR) is 69.7 cm³/mol. The third kappa shape index (κ3) is 2.87. The highest BCUT2D eigenvalue weighted by molar-refractivity contribution is 5.11. The lowest BCUT2D eigenvalue weighted by Gasteiger charge is -2.36. The second-order valence-electron chi connectivity index (χ2n) is 5.12. The molecule has 1 aliphatic rings. The van der Waals surface area contributed by atoms with E-state index in [2.05, 4.69) is 30.0 Å². The average molecular weight is 236 g/mol. The number of hydrogen-bond acceptors (Lipinski definition) is 3. The number of nitrogens with two attached hydrogens (primary N) is 1. The van der Waals surface area contributed by atoms with Crippen molar-refractivity contribution in [1.29, 1.82) is 0 Å². The smallest absolute Gasteiger partial charge is 0.0538 e. The van der Waals surface area contributed by atoms with E-state index in [4.69, 9.17) is 5.73 Å². The van der Waals surface area contributed by atoms with Crippen LogP contribution in [0.5, 0.6) is 0 Å². The fourth-order valence-corrected chi connectivity index (χ4v) is 2.73. The number of nitrogens with zero attached hydrogens (tertiary/aromatic N) is 3. The number of hydrogen-bond donors (Lipinski definition) is 1. The molecule has 4 nitrogen and oxygen atoms in total. The van der Waals surface area contributed by atoms with Crippen LogP contribution >= 0.6 is 0 Å². The molecule has 2 unspecified atom stereocenters. The van der Waals surface area contributed by atoms with E-state index in [1.165, 1.54) is 31.5 Å². The first-order valence-electron chi connectivity index (χ1n) is 6.71. The first-order valence-corrected chi connectivity index (χ1v) is 6.71. The number of aryl methyl sites for hydroxylation is 1. The summed E-state index contributed by atoms with van der Waals surface area (Å²) < 4.78 is 1.98. The average Bonchev–Trinajstić information content (AvgIpc) is 2.79. The van der Waals surface area contributed by atoms with Gasteiger partial charge in [-0.15, -0.1) is 0 Å². The molecule has 0 spiro atoms. The molecule has 0 bridgehead atoms. The number of piperidine rings is 1. The molecule has 2 rings (SSSR count). The summed E-state index contributed by atoms with van der Waals surface area (Å²) in [5.74, 6) is 0.791. The Morgan fingerprint density at radius 1 is 1.59 bits per heavy atom. The molecule has 0 aliphatic carbocycles. The first kappa shape index (κ1) is 12.6. The van der Waals surface area contributed by atoms with E-state index in [-0.39, 0.29) is 0 Å². The van der Waals surface area contributed by atoms with Crippen molar-refractivity contribution in [3.63, 3.8) is 0 Å². The summed E-state index contributed by atoms with van der Waals surface area (Å²) in [5.41, 5.74) is 7.22. The standard InChI is InChI=1S/C13H24N4/c1-3-17-10-12(8-15-17)13(7-14)16-6-4-5-11(2)9-16/h8,10-11,13H,3-7,9,14H2,1-2H3. The number of rotatable bonds is 4. The van der Waals surface area contributed by atoms with Gasteiger partial charge in [-0.2, -0.15) is 5.10 Å². The van der Waals surface area contributed by atoms with Gasteiger partial charge in [-0.1, -0.05) is 6.92 Å². The van der Waals surface area contributed by atoms with Crippen LogP contribution in [0.3, 0.4) is 0 Å². The predicted octanol–water partition coefficient (Wildman–Crippen LogP) is 1.63. The second kappa shape index (κ2) is 5.65. The minimum absolute atomic E-state index is 0.345. The van der Waals surface area contributed by atoms with Crippen LogP contribution in [-0.2, 0) is 6.54 Å². The van der Waals surface area contributed by atoms with Crippen molar-refractivity contribution >= 4 is 0 Å². The van der Waals surface area contributed by atoms with Crippen molar-refractivity contribution in [3.8, 4) is 0 Å². The minimum Gasteiger partial charge on any atom is -0.329 e. The van der Waals surface area contributed by atoms with E-state index >= 15 is 0 Å². The summed E-state index contributed by atoms with van der Waals surface area (Å²) >= 11 is 0. The van der Waals surface area contributed by atoms with Crippen molar-refractivity contribution in [2.45, 2.75) is 39.3 Å². The van der Waals surface area contributed by atoms with Gasteiger partial charge in [0, 0.05) is 31.4 Å². The zero-order chi connectivity index (χ0) is 12.3. The van der Waals surface area contributed by atoms with E-state index in [9.17, 15) is 0 Å². The summed E-state index contributed by atoms with van der Waals surface area (Å²) in [6.07, 6.45) is 6.75. The monoisotopic (exact) mass is 236 g/mol. The summed E-state index contributed by atoms with van der Waals surface area (Å²) in [4.78, 5) is 2.52. The Balaban J connectivity index is 2.09. The van der Waals surface area contributed by atoms with Gasteiger partial charge in [-0.25, -0.2) is 0 Å². The zero-order valence-electron chi connectivity index (χ0n) is 11.0. The largest absolute Gasteiger partial charge is 0.329 e. The molecule has 2 heterocycles. The van der Waals surface area contributed by atoms with Crippen LogP contribution in [0, 0.1) is 5.92 Å². The maximum Gasteiger partial charge on any atom is 0.0538 e. The molecule has 96 valence electrons. The molecule has 1 fully saturated rings. The fraction of sp³-hybridized carbons (Fsp3) is 0.769. The lowest BCUT2D eigenvalue weighted by atomic mass is 9.97. The molecule has 2 N–H and O–H groups in total. The van der Waals surface area contributed by atoms with Crippen LogP contribution in [-0.4, -0.2) is 34.3 Å². The Hall–Kier alpha value is -0.870. The Bertz CT molecular complexity index is 347. The molecule has 1 aromatic heterocycles. The van der Waals surface area contributed by atoms with Gasteiger partial charge in [0.05, 0.1) is 12.2 Å². The van der Waals surface area contributed by atoms with E-state index in [1.54, 1.807) is 0 Å². The third-order valence-corrected chi connectivity index (χ3v) is 3.71. The maximum absolute atomic E-state index is 5.95. The highest BCUT2D eigenvalue weighted by Crippen LogP contribution is 2.25. The van der Waals surface area contributed by atoms with E-state index in [0.29, 0.717) is 12.6 Å². The van der Waals surface area contributed by atoms with Gasteiger partial charge in [0.2, 0.25) is 0 Å². The summed E-state index contributed by atoms with van der Waals surface area (Å²) in [6.45, 7) is 8.38. The van der Waals surface area contributed by atoms with Crippen molar-refractivity contribution < 1.29 is 0 Å². The SMILES string of the molecule is CCn1cc(C(CN)N2CCCC(C)C2)cn1. The lowest BCUT2D eigenvalue weighted by molar-refractivity contribution is 0.133. The van der Waals surface area contributed by atoms with Crippen LogP contribution in [0.2, 0.25) is 0 Å². The zero-order valence-corrected chi connectivity index (χ0v) is 11.0. The van der Waals surface area contributed by atoms with E-state index in [0.717, 1.165) is 12.5 Å². The molecule has 1 aliphatic heterocycles. The van der Waals surface area contributed by atoms with Gasteiger partial charge in [-0.05, 0) is 32.2 Å². The Kier molecular flexibility index (Phi) is 4.18. The Morgan fingerprint density at radius 3 is 3.00 bits per heavy atom. The van der Waals surface area contributed by atoms with Crippen LogP contribution in [0.25, 0.3) is 0 Å². The fourth-order valence-electron chi connectivity index (χ4n) is 2.73. The van der Waals surface area contributed by atoms with Crippen LogP contribution in [0.4, 0.5) is 0 Å². The van der Waals surface area contributed by atoms with Crippen molar-refractivity contribution in [2.24, 2.45) is 11.7 Å². The summed E-state index contributed by atoms with van der Waals surface area (Å²) in [7, 11) is 0. The van der Waals surface area contributed by atoms with Crippen molar-refractivity contribution in [3.05, 3.63) is 18.0 Å². The molecule has 17 heavy (non-hydrogen) atoms. The van der Waals surface area contributed by atoms with Gasteiger partial charge in [-0.3, -0.25) is 9.58 Å². The lowest BCUT2D eigenvalue weighted by Crippen LogP contribution is -2.40. The summed E-state index contributed by atoms with van der Waals surface area (Å²) in [6, 6.07) is 0.345. The Morgan fingerprint density at radius 2 is 2.41 bits per heavy atom. The van der Waals surface area contributed by atoms with Crippen LogP contribution in [0.1, 0.15) is 38.3 Å². The Labute approximate surface area is 104 Å². The van der Waals surface area contributed by atoms with Crippen LogP contribution in [0.15, 0.2) is 12.4 Å². The van der Waals surface area contributed by atoms with Gasteiger partial charge < -0.3 is 5.73 Å². The third-order valence-electron chi connectivity index (χ3n) is 3.71. The maximum atomic E-state index is 5.95. The molecule has 1 aromatic rings. The molecule has 0 amide bonds. The molecule has 0 saturated carbocycles. The highest BCUT2D eigenvalue weighted by Gasteiger charge is 2.24. The van der Waals surface area contributed by atoms with E-state index < -0.39 is 0 Å². The van der Waals surface area contributed by atoms with Crippen molar-refractivity contribution in [2.75, 3.05) is 19.6 Å². The van der Waals surface area contributed by atoms with Gasteiger partial charge in [0.1, 0.15) is 0 Å². The van der Waals surface area contributed by atoms with E-state index in [1.807, 2.05) is 10.9 Å². The molecular weight excluding hydrogens is 212 g/mol. The minimum atomic E-state index is 0.345.